The van der Waals surface area contributed by atoms with Crippen LogP contribution in [0.3, 0.4) is 0 Å². The first-order chi connectivity index (χ1) is 21.8. The number of furan rings is 1. The summed E-state index contributed by atoms with van der Waals surface area (Å²) in [5, 5.41) is 8.82. The fourth-order valence-electron chi connectivity index (χ4n) is 7.98. The predicted octanol–water partition coefficient (Wildman–Crippen LogP) is 11.1. The van der Waals surface area contributed by atoms with Crippen molar-refractivity contribution in [3.05, 3.63) is 161 Å². The normalized spacial score (nSPS) is 17.2. The number of allylic oxidation sites excluding steroid dienone is 5. The van der Waals surface area contributed by atoms with Gasteiger partial charge in [0.05, 0.1) is 0 Å². The fraction of sp³-hybridized carbons (Fsp3) is 0.0952. The minimum Gasteiger partial charge on any atom is -0.461 e. The lowest BCUT2D eigenvalue weighted by molar-refractivity contribution is 0.426. The summed E-state index contributed by atoms with van der Waals surface area (Å²) in [7, 11) is 0. The van der Waals surface area contributed by atoms with Gasteiger partial charge in [-0.2, -0.15) is 0 Å². The number of hydrogen-bond donors (Lipinski definition) is 0. The number of para-hydroxylation sites is 1. The Labute approximate surface area is 255 Å². The van der Waals surface area contributed by atoms with Gasteiger partial charge in [0.2, 0.25) is 0 Å². The summed E-state index contributed by atoms with van der Waals surface area (Å²) in [5.74, 6) is 3.39. The number of rotatable bonds is 2. The van der Waals surface area contributed by atoms with Crippen LogP contribution in [0.15, 0.2) is 138 Å². The maximum atomic E-state index is 6.59. The summed E-state index contributed by atoms with van der Waals surface area (Å²) in [6, 6.07) is 39.6. The zero-order valence-corrected chi connectivity index (χ0v) is 24.1. The SMILES string of the molecule is C1=C(c2c3ccccc3c(C3=CCCc4oc5cc6ccccc6cc5c43)c3ccccc23)CC2C(=C1)Oc1ccccc12. The molecule has 0 spiro atoms. The average Bonchev–Trinajstić information content (AvgIpc) is 3.63. The molecular weight excluding hydrogens is 536 g/mol. The molecular formula is C42H28O2. The number of fused-ring (bicyclic) bond motifs is 9. The Bertz CT molecular complexity index is 2390. The van der Waals surface area contributed by atoms with Gasteiger partial charge in [-0.25, -0.2) is 0 Å². The molecule has 0 fully saturated rings. The van der Waals surface area contributed by atoms with Crippen LogP contribution in [-0.2, 0) is 6.42 Å². The van der Waals surface area contributed by atoms with Gasteiger partial charge in [0.15, 0.2) is 0 Å². The molecule has 0 saturated carbocycles. The lowest BCUT2D eigenvalue weighted by Crippen LogP contribution is -2.06. The number of benzene rings is 6. The highest BCUT2D eigenvalue weighted by atomic mass is 16.5. The van der Waals surface area contributed by atoms with Crippen LogP contribution >= 0.6 is 0 Å². The molecule has 3 aliphatic rings. The molecule has 2 heteroatoms. The van der Waals surface area contributed by atoms with Crippen molar-refractivity contribution in [2.24, 2.45) is 0 Å². The molecule has 2 aliphatic carbocycles. The molecule has 0 saturated heterocycles. The van der Waals surface area contributed by atoms with Crippen molar-refractivity contribution in [3.63, 3.8) is 0 Å². The van der Waals surface area contributed by atoms with Crippen LogP contribution in [0.25, 0.3) is 54.4 Å². The van der Waals surface area contributed by atoms with Crippen molar-refractivity contribution in [1.82, 2.24) is 0 Å². The van der Waals surface area contributed by atoms with E-state index in [-0.39, 0.29) is 5.92 Å². The first-order valence-electron chi connectivity index (χ1n) is 15.6. The Morgan fingerprint density at radius 2 is 1.25 bits per heavy atom. The second-order valence-electron chi connectivity index (χ2n) is 12.3. The van der Waals surface area contributed by atoms with E-state index in [1.165, 1.54) is 71.1 Å². The summed E-state index contributed by atoms with van der Waals surface area (Å²) in [4.78, 5) is 0. The van der Waals surface area contributed by atoms with E-state index in [2.05, 4.69) is 127 Å². The second-order valence-corrected chi connectivity index (χ2v) is 12.3. The summed E-state index contributed by atoms with van der Waals surface area (Å²) in [5.41, 5.74) is 8.80. The van der Waals surface area contributed by atoms with Gasteiger partial charge in [-0.15, -0.1) is 0 Å². The van der Waals surface area contributed by atoms with Gasteiger partial charge in [-0.1, -0.05) is 103 Å². The van der Waals surface area contributed by atoms with Gasteiger partial charge < -0.3 is 9.15 Å². The number of hydrogen-bond acceptors (Lipinski definition) is 2. The molecule has 0 amide bonds. The molecule has 6 aromatic carbocycles. The van der Waals surface area contributed by atoms with Crippen molar-refractivity contribution < 1.29 is 9.15 Å². The van der Waals surface area contributed by atoms with E-state index in [1.807, 2.05) is 0 Å². The summed E-state index contributed by atoms with van der Waals surface area (Å²) >= 11 is 0. The molecule has 1 aliphatic heterocycles. The molecule has 0 bridgehead atoms. The first-order valence-corrected chi connectivity index (χ1v) is 15.6. The van der Waals surface area contributed by atoms with Crippen LogP contribution in [0.2, 0.25) is 0 Å². The average molecular weight is 565 g/mol. The van der Waals surface area contributed by atoms with Crippen LogP contribution in [0.4, 0.5) is 0 Å². The van der Waals surface area contributed by atoms with Gasteiger partial charge in [-0.05, 0) is 91.7 Å². The van der Waals surface area contributed by atoms with Crippen LogP contribution in [0.5, 0.6) is 5.75 Å². The van der Waals surface area contributed by atoms with Crippen molar-refractivity contribution in [2.75, 3.05) is 0 Å². The molecule has 0 N–H and O–H groups in total. The maximum Gasteiger partial charge on any atom is 0.135 e. The maximum absolute atomic E-state index is 6.59. The van der Waals surface area contributed by atoms with Gasteiger partial charge in [0.25, 0.3) is 0 Å². The minimum absolute atomic E-state index is 0.249. The minimum atomic E-state index is 0.249. The third-order valence-electron chi connectivity index (χ3n) is 9.88. The molecule has 10 rings (SSSR count). The molecule has 0 radical (unpaired) electrons. The standard InChI is InChI=1S/C42H28O2/c1-2-11-26-24-39-35(22-25(26)10-1)42-33(17-9-19-38(42)44-39)41-31-15-5-3-13-29(31)40(30-14-4-6-16-32(30)41)27-20-21-37-34(23-27)28-12-7-8-18-36(28)43-37/h1-8,10-18,20-22,24,34H,9,19,23H2. The van der Waals surface area contributed by atoms with Crippen LogP contribution in [0.1, 0.15) is 46.8 Å². The highest BCUT2D eigenvalue weighted by Gasteiger charge is 2.33. The van der Waals surface area contributed by atoms with Gasteiger partial charge in [0, 0.05) is 28.9 Å². The molecule has 208 valence electrons. The van der Waals surface area contributed by atoms with E-state index < -0.39 is 0 Å². The molecule has 2 nitrogen and oxygen atoms in total. The summed E-state index contributed by atoms with van der Waals surface area (Å²) < 4.78 is 12.9. The van der Waals surface area contributed by atoms with Crippen LogP contribution in [0, 0.1) is 0 Å². The topological polar surface area (TPSA) is 22.4 Å². The van der Waals surface area contributed by atoms with Gasteiger partial charge >= 0.3 is 0 Å². The van der Waals surface area contributed by atoms with E-state index in [4.69, 9.17) is 9.15 Å². The van der Waals surface area contributed by atoms with Crippen molar-refractivity contribution in [3.8, 4) is 5.75 Å². The molecule has 7 aromatic rings. The number of aryl methyl sites for hydroxylation is 1. The Morgan fingerprint density at radius 1 is 0.591 bits per heavy atom. The highest BCUT2D eigenvalue weighted by Crippen LogP contribution is 2.51. The number of ether oxygens (including phenoxy) is 1. The first kappa shape index (κ1) is 24.1. The Hall–Kier alpha value is -5.34. The fourth-order valence-corrected chi connectivity index (χ4v) is 7.98. The third kappa shape index (κ3) is 3.37. The van der Waals surface area contributed by atoms with Crippen molar-refractivity contribution in [2.45, 2.75) is 25.2 Å². The predicted molar refractivity (Wildman–Crippen MR) is 181 cm³/mol. The summed E-state index contributed by atoms with van der Waals surface area (Å²) in [6.07, 6.45) is 9.73. The quantitative estimate of drug-likeness (QED) is 0.195. The van der Waals surface area contributed by atoms with E-state index in [9.17, 15) is 0 Å². The van der Waals surface area contributed by atoms with E-state index >= 15 is 0 Å². The van der Waals surface area contributed by atoms with E-state index in [0.717, 1.165) is 42.1 Å². The van der Waals surface area contributed by atoms with Crippen LogP contribution < -0.4 is 4.74 Å². The van der Waals surface area contributed by atoms with Gasteiger partial charge in [0.1, 0.15) is 22.9 Å². The summed E-state index contributed by atoms with van der Waals surface area (Å²) in [6.45, 7) is 0. The molecule has 2 heterocycles. The zero-order valence-electron chi connectivity index (χ0n) is 24.1. The lowest BCUT2D eigenvalue weighted by atomic mass is 9.78. The van der Waals surface area contributed by atoms with Crippen molar-refractivity contribution in [1.29, 1.82) is 0 Å². The second kappa shape index (κ2) is 9.08. The monoisotopic (exact) mass is 564 g/mol. The van der Waals surface area contributed by atoms with Crippen molar-refractivity contribution >= 4 is 54.4 Å². The lowest BCUT2D eigenvalue weighted by Gasteiger charge is -2.24. The molecule has 1 atom stereocenters. The third-order valence-corrected chi connectivity index (χ3v) is 9.88. The van der Waals surface area contributed by atoms with Crippen LogP contribution in [-0.4, -0.2) is 0 Å². The highest BCUT2D eigenvalue weighted by molar-refractivity contribution is 6.19. The Morgan fingerprint density at radius 3 is 2.02 bits per heavy atom. The molecule has 44 heavy (non-hydrogen) atoms. The molecule has 1 aromatic heterocycles. The van der Waals surface area contributed by atoms with Gasteiger partial charge in [-0.3, -0.25) is 0 Å². The smallest absolute Gasteiger partial charge is 0.135 e. The van der Waals surface area contributed by atoms with E-state index in [1.54, 1.807) is 0 Å². The Kier molecular flexibility index (Phi) is 4.98. The Balaban J connectivity index is 1.22. The van der Waals surface area contributed by atoms with E-state index in [0.29, 0.717) is 0 Å². The largest absolute Gasteiger partial charge is 0.461 e. The zero-order chi connectivity index (χ0) is 28.8. The molecule has 1 unspecified atom stereocenters.